The van der Waals surface area contributed by atoms with E-state index < -0.39 is 16.1 Å². The van der Waals surface area contributed by atoms with Crippen molar-refractivity contribution in [2.24, 2.45) is 0 Å². The average molecular weight is 298 g/mol. The number of aliphatic hydroxyl groups excluding tert-OH is 1. The summed E-state index contributed by atoms with van der Waals surface area (Å²) in [7, 11) is -1.45. The standard InChI is InChI=1S/C14H22N2O3S/c1-11-10-15(3)8-9-16(11)20(18,19)14-6-4-13(5-7-14)12(2)17/h4-7,11-12,17H,8-10H2,1-3H3. The molecule has 0 spiro atoms. The zero-order chi connectivity index (χ0) is 14.9. The van der Waals surface area contributed by atoms with Crippen molar-refractivity contribution in [1.82, 2.24) is 9.21 Å². The maximum absolute atomic E-state index is 12.6. The molecular formula is C14H22N2O3S. The van der Waals surface area contributed by atoms with Crippen LogP contribution < -0.4 is 0 Å². The van der Waals surface area contributed by atoms with Crippen molar-refractivity contribution < 1.29 is 13.5 Å². The highest BCUT2D eigenvalue weighted by molar-refractivity contribution is 7.89. The molecule has 112 valence electrons. The second-order valence-corrected chi connectivity index (χ2v) is 7.36. The summed E-state index contributed by atoms with van der Waals surface area (Å²) in [6.07, 6.45) is -0.589. The Morgan fingerprint density at radius 2 is 1.85 bits per heavy atom. The number of sulfonamides is 1. The van der Waals surface area contributed by atoms with Gasteiger partial charge in [0.2, 0.25) is 10.0 Å². The van der Waals surface area contributed by atoms with Crippen LogP contribution in [0, 0.1) is 0 Å². The van der Waals surface area contributed by atoms with Crippen molar-refractivity contribution >= 4 is 10.0 Å². The molecule has 0 aromatic heterocycles. The van der Waals surface area contributed by atoms with Crippen LogP contribution >= 0.6 is 0 Å². The van der Waals surface area contributed by atoms with E-state index in [9.17, 15) is 13.5 Å². The predicted molar refractivity (Wildman–Crippen MR) is 77.9 cm³/mol. The third-order valence-corrected chi connectivity index (χ3v) is 5.77. The molecule has 1 aromatic carbocycles. The predicted octanol–water partition coefficient (Wildman–Crippen LogP) is 1.06. The first kappa shape index (κ1) is 15.4. The molecule has 1 N–H and O–H groups in total. The summed E-state index contributed by atoms with van der Waals surface area (Å²) in [6.45, 7) is 5.59. The molecule has 2 rings (SSSR count). The van der Waals surface area contributed by atoms with E-state index in [-0.39, 0.29) is 6.04 Å². The van der Waals surface area contributed by atoms with Gasteiger partial charge in [-0.1, -0.05) is 12.1 Å². The molecule has 1 aliphatic heterocycles. The molecule has 5 nitrogen and oxygen atoms in total. The van der Waals surface area contributed by atoms with Crippen LogP contribution in [-0.2, 0) is 10.0 Å². The number of benzene rings is 1. The Hall–Kier alpha value is -0.950. The summed E-state index contributed by atoms with van der Waals surface area (Å²) in [5.74, 6) is 0. The molecule has 1 aliphatic rings. The highest BCUT2D eigenvalue weighted by Crippen LogP contribution is 2.22. The molecule has 0 amide bonds. The number of rotatable bonds is 3. The fraction of sp³-hybridized carbons (Fsp3) is 0.571. The Kier molecular flexibility index (Phi) is 4.49. The average Bonchev–Trinajstić information content (AvgIpc) is 2.38. The first-order valence-corrected chi connectivity index (χ1v) is 8.25. The van der Waals surface area contributed by atoms with Gasteiger partial charge in [-0.25, -0.2) is 8.42 Å². The Labute approximate surface area is 120 Å². The molecular weight excluding hydrogens is 276 g/mol. The van der Waals surface area contributed by atoms with E-state index in [2.05, 4.69) is 4.90 Å². The largest absolute Gasteiger partial charge is 0.389 e. The second-order valence-electron chi connectivity index (χ2n) is 5.47. The van der Waals surface area contributed by atoms with E-state index in [0.717, 1.165) is 18.7 Å². The normalized spacial score (nSPS) is 23.7. The lowest BCUT2D eigenvalue weighted by Gasteiger charge is -2.37. The monoisotopic (exact) mass is 298 g/mol. The highest BCUT2D eigenvalue weighted by atomic mass is 32.2. The number of hydrogen-bond acceptors (Lipinski definition) is 4. The van der Waals surface area contributed by atoms with Gasteiger partial charge in [0.15, 0.2) is 0 Å². The summed E-state index contributed by atoms with van der Waals surface area (Å²) < 4.78 is 26.8. The van der Waals surface area contributed by atoms with Gasteiger partial charge in [-0.2, -0.15) is 4.31 Å². The van der Waals surface area contributed by atoms with E-state index in [4.69, 9.17) is 0 Å². The van der Waals surface area contributed by atoms with Crippen molar-refractivity contribution in [3.8, 4) is 0 Å². The van der Waals surface area contributed by atoms with Crippen LogP contribution in [0.5, 0.6) is 0 Å². The van der Waals surface area contributed by atoms with Gasteiger partial charge in [0, 0.05) is 25.7 Å². The Balaban J connectivity index is 2.26. The molecule has 20 heavy (non-hydrogen) atoms. The van der Waals surface area contributed by atoms with E-state index in [0.29, 0.717) is 11.4 Å². The van der Waals surface area contributed by atoms with Gasteiger partial charge in [-0.3, -0.25) is 0 Å². The lowest BCUT2D eigenvalue weighted by molar-refractivity contribution is 0.170. The minimum Gasteiger partial charge on any atom is -0.389 e. The van der Waals surface area contributed by atoms with Crippen LogP contribution in [0.15, 0.2) is 29.2 Å². The third-order valence-electron chi connectivity index (χ3n) is 3.74. The van der Waals surface area contributed by atoms with E-state index in [1.54, 1.807) is 35.5 Å². The van der Waals surface area contributed by atoms with Crippen molar-refractivity contribution in [2.45, 2.75) is 30.9 Å². The molecule has 0 bridgehead atoms. The van der Waals surface area contributed by atoms with Crippen LogP contribution in [0.2, 0.25) is 0 Å². The summed E-state index contributed by atoms with van der Waals surface area (Å²) in [6, 6.07) is 6.44. The first-order chi connectivity index (χ1) is 9.32. The van der Waals surface area contributed by atoms with E-state index in [1.165, 1.54) is 0 Å². The van der Waals surface area contributed by atoms with Gasteiger partial charge in [0.05, 0.1) is 11.0 Å². The molecule has 1 saturated heterocycles. The SMILES string of the molecule is CC(O)c1ccc(S(=O)(=O)N2CCN(C)CC2C)cc1. The molecule has 0 aliphatic carbocycles. The molecule has 1 fully saturated rings. The molecule has 1 aromatic rings. The van der Waals surface area contributed by atoms with Gasteiger partial charge in [-0.15, -0.1) is 0 Å². The van der Waals surface area contributed by atoms with Crippen molar-refractivity contribution in [3.05, 3.63) is 29.8 Å². The summed E-state index contributed by atoms with van der Waals surface area (Å²) in [5.41, 5.74) is 0.718. The van der Waals surface area contributed by atoms with Crippen molar-refractivity contribution in [3.63, 3.8) is 0 Å². The first-order valence-electron chi connectivity index (χ1n) is 6.81. The van der Waals surface area contributed by atoms with Crippen LogP contribution in [0.1, 0.15) is 25.5 Å². The minimum atomic E-state index is -3.45. The molecule has 2 atom stereocenters. The van der Waals surface area contributed by atoms with Crippen LogP contribution in [0.25, 0.3) is 0 Å². The number of hydrogen-bond donors (Lipinski definition) is 1. The van der Waals surface area contributed by atoms with Gasteiger partial charge >= 0.3 is 0 Å². The molecule has 0 radical (unpaired) electrons. The Morgan fingerprint density at radius 1 is 1.25 bits per heavy atom. The Morgan fingerprint density at radius 3 is 2.35 bits per heavy atom. The topological polar surface area (TPSA) is 60.9 Å². The van der Waals surface area contributed by atoms with Gasteiger partial charge in [0.1, 0.15) is 0 Å². The van der Waals surface area contributed by atoms with Crippen LogP contribution in [0.3, 0.4) is 0 Å². The minimum absolute atomic E-state index is 0.0322. The quantitative estimate of drug-likeness (QED) is 0.906. The van der Waals surface area contributed by atoms with Gasteiger partial charge < -0.3 is 10.0 Å². The van der Waals surface area contributed by atoms with Crippen LogP contribution in [0.4, 0.5) is 0 Å². The Bertz CT molecular complexity index is 554. The fourth-order valence-corrected chi connectivity index (χ4v) is 4.15. The van der Waals surface area contributed by atoms with Gasteiger partial charge in [-0.05, 0) is 38.6 Å². The van der Waals surface area contributed by atoms with Crippen molar-refractivity contribution in [2.75, 3.05) is 26.7 Å². The summed E-state index contributed by atoms with van der Waals surface area (Å²) in [4.78, 5) is 2.42. The summed E-state index contributed by atoms with van der Waals surface area (Å²) in [5, 5.41) is 9.47. The van der Waals surface area contributed by atoms with Crippen LogP contribution in [-0.4, -0.2) is 55.5 Å². The van der Waals surface area contributed by atoms with E-state index in [1.807, 2.05) is 14.0 Å². The lowest BCUT2D eigenvalue weighted by atomic mass is 10.1. The number of piperazine rings is 1. The molecule has 0 saturated carbocycles. The zero-order valence-electron chi connectivity index (χ0n) is 12.2. The number of likely N-dealkylation sites (N-methyl/N-ethyl adjacent to an activating group) is 1. The maximum atomic E-state index is 12.6. The molecule has 1 heterocycles. The lowest BCUT2D eigenvalue weighted by Crippen LogP contribution is -2.52. The van der Waals surface area contributed by atoms with E-state index >= 15 is 0 Å². The number of aliphatic hydroxyl groups is 1. The smallest absolute Gasteiger partial charge is 0.243 e. The third kappa shape index (κ3) is 3.03. The summed E-state index contributed by atoms with van der Waals surface area (Å²) >= 11 is 0. The molecule has 6 heteroatoms. The number of nitrogens with zero attached hydrogens (tertiary/aromatic N) is 2. The highest BCUT2D eigenvalue weighted by Gasteiger charge is 2.32. The fourth-order valence-electron chi connectivity index (χ4n) is 2.53. The zero-order valence-corrected chi connectivity index (χ0v) is 13.0. The second kappa shape index (κ2) is 5.81. The van der Waals surface area contributed by atoms with Crippen molar-refractivity contribution in [1.29, 1.82) is 0 Å². The van der Waals surface area contributed by atoms with Gasteiger partial charge in [0.25, 0.3) is 0 Å². The molecule has 2 unspecified atom stereocenters. The maximum Gasteiger partial charge on any atom is 0.243 e.